The Labute approximate surface area is 248 Å². The molecule has 39 heavy (non-hydrogen) atoms. The number of rotatable bonds is 18. The molecule has 0 saturated heterocycles. The molecule has 2 heterocycles. The van der Waals surface area contributed by atoms with E-state index >= 15 is 4.39 Å². The summed E-state index contributed by atoms with van der Waals surface area (Å²) in [4.78, 5) is 27.5. The van der Waals surface area contributed by atoms with Crippen LogP contribution in [-0.2, 0) is 26.9 Å². The number of hydrogen-bond acceptors (Lipinski definition) is 7. The van der Waals surface area contributed by atoms with Crippen molar-refractivity contribution < 1.29 is 32.4 Å². The van der Waals surface area contributed by atoms with E-state index < -0.39 is 37.6 Å². The Hall–Kier alpha value is -1.57. The molecule has 2 aromatic heterocycles. The van der Waals surface area contributed by atoms with Crippen LogP contribution in [-0.4, -0.2) is 81.6 Å². The minimum absolute atomic E-state index is 0. The fourth-order valence-corrected chi connectivity index (χ4v) is 4.91. The van der Waals surface area contributed by atoms with Gasteiger partial charge in [-0.1, -0.05) is 51.5 Å². The molecule has 0 aliphatic carbocycles. The first kappa shape index (κ1) is 33.6. The van der Waals surface area contributed by atoms with Crippen LogP contribution in [0.15, 0.2) is 43.5 Å². The van der Waals surface area contributed by atoms with Gasteiger partial charge >= 0.3 is 37.4 Å². The van der Waals surface area contributed by atoms with Crippen LogP contribution in [0.2, 0.25) is 0 Å². The molecule has 212 valence electrons. The normalized spacial score (nSPS) is 13.4. The van der Waals surface area contributed by atoms with Gasteiger partial charge in [0.25, 0.3) is 0 Å². The predicted molar refractivity (Wildman–Crippen MR) is 141 cm³/mol. The minimum atomic E-state index is -5.08. The fraction of sp³-hybridized carbons (Fsp3) is 0.583. The van der Waals surface area contributed by atoms with E-state index in [1.807, 2.05) is 0 Å². The van der Waals surface area contributed by atoms with Gasteiger partial charge in [0.05, 0.1) is 0 Å². The molecule has 3 rings (SSSR count). The topological polar surface area (TPSA) is 137 Å². The van der Waals surface area contributed by atoms with Crippen molar-refractivity contribution in [3.05, 3.63) is 60.7 Å². The number of nitrogens with zero attached hydrogens (tertiary/aromatic N) is 6. The summed E-state index contributed by atoms with van der Waals surface area (Å²) in [6.07, 6.45) is 10.0. The molecule has 2 N–H and O–H groups in total. The Kier molecular flexibility index (Phi) is 14.9. The Morgan fingerprint density at radius 1 is 0.949 bits per heavy atom. The quantitative estimate of drug-likeness (QED) is 0.131. The molecule has 0 radical (unpaired) electrons. The maximum absolute atomic E-state index is 15.0. The summed E-state index contributed by atoms with van der Waals surface area (Å²) in [5, 5.41) is 8.18. The zero-order valence-electron chi connectivity index (χ0n) is 21.4. The average Bonchev–Trinajstić information content (AvgIpc) is 3.56. The number of hydrogen-bond donors (Lipinski definition) is 2. The summed E-state index contributed by atoms with van der Waals surface area (Å²) in [6, 6.07) is 2.98. The molecule has 0 fully saturated rings. The molecule has 0 saturated carbocycles. The predicted octanol–water partition coefficient (Wildman–Crippen LogP) is 3.80. The summed E-state index contributed by atoms with van der Waals surface area (Å²) < 4.78 is 55.2. The van der Waals surface area contributed by atoms with Crippen molar-refractivity contribution in [2.75, 3.05) is 6.61 Å². The van der Waals surface area contributed by atoms with E-state index in [0.29, 0.717) is 12.5 Å². The second-order valence-electron chi connectivity index (χ2n) is 9.13. The summed E-state index contributed by atoms with van der Waals surface area (Å²) in [7, 11) is -5.08. The van der Waals surface area contributed by atoms with Gasteiger partial charge in [-0.05, 0) is 12.5 Å². The second kappa shape index (κ2) is 17.3. The molecule has 2 atom stereocenters. The third-order valence-corrected chi connectivity index (χ3v) is 6.63. The molecule has 0 spiro atoms. The molecule has 0 aliphatic heterocycles. The zero-order valence-corrected chi connectivity index (χ0v) is 22.2. The molecule has 0 aliphatic rings. The summed E-state index contributed by atoms with van der Waals surface area (Å²) in [6.45, 7) is 2.52. The number of aromatic nitrogens is 6. The monoisotopic (exact) mass is 580 g/mol. The third-order valence-electron chi connectivity index (χ3n) is 6.11. The Morgan fingerprint density at radius 3 is 2.05 bits per heavy atom. The number of halogens is 2. The molecule has 2 unspecified atom stereocenters. The van der Waals surface area contributed by atoms with Crippen molar-refractivity contribution >= 4 is 37.4 Å². The van der Waals surface area contributed by atoms with Crippen LogP contribution >= 0.6 is 7.82 Å². The van der Waals surface area contributed by atoms with Crippen LogP contribution in [0.25, 0.3) is 0 Å². The van der Waals surface area contributed by atoms with Crippen LogP contribution < -0.4 is 0 Å². The van der Waals surface area contributed by atoms with Gasteiger partial charge in [-0.25, -0.2) is 23.3 Å². The van der Waals surface area contributed by atoms with Gasteiger partial charge < -0.3 is 14.5 Å². The molecule has 1 aromatic carbocycles. The Balaban J connectivity index is 0.00000533. The van der Waals surface area contributed by atoms with Crippen LogP contribution in [0.3, 0.4) is 0 Å². The van der Waals surface area contributed by atoms with Crippen LogP contribution in [0, 0.1) is 17.6 Å². The van der Waals surface area contributed by atoms with Gasteiger partial charge in [0, 0.05) is 37.2 Å². The summed E-state index contributed by atoms with van der Waals surface area (Å²) >= 11 is 0. The SMILES string of the molecule is CCCCCCCCCOC(c1ccc(F)cc1F)C(OP(=O)(O)O)C(Cn1cncn1)Cn1cncn1.[NaH]. The van der Waals surface area contributed by atoms with E-state index in [1.54, 1.807) is 0 Å². The first-order valence-corrected chi connectivity index (χ1v) is 14.2. The van der Waals surface area contributed by atoms with E-state index in [-0.39, 0.29) is 54.8 Å². The van der Waals surface area contributed by atoms with E-state index in [1.165, 1.54) is 47.2 Å². The number of benzene rings is 1. The molecule has 3 aromatic rings. The van der Waals surface area contributed by atoms with Gasteiger partial charge in [0.15, 0.2) is 0 Å². The number of ether oxygens (including phenoxy) is 1. The van der Waals surface area contributed by atoms with Crippen LogP contribution in [0.4, 0.5) is 8.78 Å². The van der Waals surface area contributed by atoms with Gasteiger partial charge in [-0.15, -0.1) is 0 Å². The average molecular weight is 581 g/mol. The van der Waals surface area contributed by atoms with Gasteiger partial charge in [-0.3, -0.25) is 13.9 Å². The van der Waals surface area contributed by atoms with Gasteiger partial charge in [-0.2, -0.15) is 10.2 Å². The van der Waals surface area contributed by atoms with Crippen molar-refractivity contribution in [1.82, 2.24) is 29.5 Å². The molecule has 0 amide bonds. The number of unbranched alkanes of at least 4 members (excludes halogenated alkanes) is 6. The molecule has 15 heteroatoms. The number of phosphoric acid groups is 1. The zero-order chi connectivity index (χ0) is 27.4. The first-order valence-electron chi connectivity index (χ1n) is 12.7. The van der Waals surface area contributed by atoms with E-state index in [2.05, 4.69) is 27.1 Å². The summed E-state index contributed by atoms with van der Waals surface area (Å²) in [5.74, 6) is -2.44. The van der Waals surface area contributed by atoms with Crippen LogP contribution in [0.1, 0.15) is 63.5 Å². The van der Waals surface area contributed by atoms with Crippen LogP contribution in [0.5, 0.6) is 0 Å². The van der Waals surface area contributed by atoms with E-state index in [4.69, 9.17) is 9.26 Å². The molecule has 0 bridgehead atoms. The van der Waals surface area contributed by atoms with Crippen molar-refractivity contribution in [1.29, 1.82) is 0 Å². The van der Waals surface area contributed by atoms with Crippen molar-refractivity contribution in [3.63, 3.8) is 0 Å². The Bertz CT molecular complexity index is 1090. The van der Waals surface area contributed by atoms with Gasteiger partial charge in [0.1, 0.15) is 49.2 Å². The number of phosphoric ester groups is 1. The third kappa shape index (κ3) is 11.8. The molecular weight excluding hydrogens is 544 g/mol. The van der Waals surface area contributed by atoms with Crippen molar-refractivity contribution in [2.24, 2.45) is 5.92 Å². The van der Waals surface area contributed by atoms with E-state index in [9.17, 15) is 18.7 Å². The second-order valence-corrected chi connectivity index (χ2v) is 10.3. The summed E-state index contributed by atoms with van der Waals surface area (Å²) in [5.41, 5.74) is -0.0741. The fourth-order valence-electron chi connectivity index (χ4n) is 4.31. The van der Waals surface area contributed by atoms with Crippen molar-refractivity contribution in [3.8, 4) is 0 Å². The van der Waals surface area contributed by atoms with Crippen molar-refractivity contribution in [2.45, 2.75) is 77.2 Å². The Morgan fingerprint density at radius 2 is 1.54 bits per heavy atom. The molecule has 11 nitrogen and oxygen atoms in total. The maximum atomic E-state index is 15.0. The first-order chi connectivity index (χ1) is 18.3. The molecular formula is C24H36F2N6NaO5P. The van der Waals surface area contributed by atoms with E-state index in [0.717, 1.165) is 38.2 Å². The standard InChI is InChI=1S/C24H35F2N6O5P.Na.H/c1-2-3-4-5-6-7-8-11-36-24(21-10-9-20(25)12-22(21)26)23(37-38(33,34)35)19(13-31-17-27-15-29-31)14-32-18-28-16-30-32;;/h9-10,12,15-19,23-24H,2-8,11,13-14H2,1H3,(H2,33,34,35);;. The van der Waals surface area contributed by atoms with Gasteiger partial charge in [0.2, 0.25) is 0 Å².